The van der Waals surface area contributed by atoms with Crippen molar-refractivity contribution in [2.75, 3.05) is 20.1 Å². The van der Waals surface area contributed by atoms with E-state index in [1.54, 1.807) is 0 Å². The molecule has 2 rings (SSSR count). The van der Waals surface area contributed by atoms with E-state index in [2.05, 4.69) is 17.3 Å². The van der Waals surface area contributed by atoms with Gasteiger partial charge in [-0.05, 0) is 39.3 Å². The van der Waals surface area contributed by atoms with Crippen LogP contribution in [-0.2, 0) is 0 Å². The van der Waals surface area contributed by atoms with Crippen LogP contribution in [0.2, 0.25) is 0 Å². The molecule has 1 N–H and O–H groups in total. The monoisotopic (exact) mass is 182 g/mol. The molecule has 1 atom stereocenters. The molecule has 1 heterocycles. The van der Waals surface area contributed by atoms with Gasteiger partial charge in [-0.25, -0.2) is 0 Å². The minimum Gasteiger partial charge on any atom is -0.310 e. The van der Waals surface area contributed by atoms with Crippen molar-refractivity contribution in [3.05, 3.63) is 0 Å². The molecular weight excluding hydrogens is 160 g/mol. The van der Waals surface area contributed by atoms with E-state index in [9.17, 15) is 0 Å². The smallest absolute Gasteiger partial charge is 0.0197 e. The number of likely N-dealkylation sites (N-methyl/N-ethyl adjacent to an activating group) is 1. The summed E-state index contributed by atoms with van der Waals surface area (Å²) in [5.74, 6) is 0. The Morgan fingerprint density at radius 2 is 1.69 bits per heavy atom. The number of piperidine rings is 1. The van der Waals surface area contributed by atoms with Crippen LogP contribution in [0.3, 0.4) is 0 Å². The van der Waals surface area contributed by atoms with E-state index in [-0.39, 0.29) is 0 Å². The maximum absolute atomic E-state index is 3.81. The van der Waals surface area contributed by atoms with Gasteiger partial charge in [0.1, 0.15) is 0 Å². The second-order valence-corrected chi connectivity index (χ2v) is 4.75. The van der Waals surface area contributed by atoms with E-state index in [4.69, 9.17) is 0 Å². The van der Waals surface area contributed by atoms with Crippen LogP contribution in [0.4, 0.5) is 0 Å². The van der Waals surface area contributed by atoms with Gasteiger partial charge < -0.3 is 10.2 Å². The minimum absolute atomic E-state index is 0.779. The van der Waals surface area contributed by atoms with Gasteiger partial charge >= 0.3 is 0 Å². The lowest BCUT2D eigenvalue weighted by Gasteiger charge is -2.32. The molecule has 1 unspecified atom stereocenters. The highest BCUT2D eigenvalue weighted by atomic mass is 15.1. The Morgan fingerprint density at radius 1 is 1.00 bits per heavy atom. The van der Waals surface area contributed by atoms with Crippen LogP contribution < -0.4 is 5.32 Å². The summed E-state index contributed by atoms with van der Waals surface area (Å²) in [7, 11) is 2.24. The molecule has 1 saturated carbocycles. The molecule has 2 fully saturated rings. The number of nitrogens with one attached hydrogen (secondary N) is 1. The topological polar surface area (TPSA) is 15.3 Å². The first-order valence-electron chi connectivity index (χ1n) is 5.79. The molecule has 13 heavy (non-hydrogen) atoms. The molecule has 0 bridgehead atoms. The molecule has 0 amide bonds. The maximum Gasteiger partial charge on any atom is 0.0197 e. The first-order chi connectivity index (χ1) is 6.34. The number of hydrogen-bond acceptors (Lipinski definition) is 2. The van der Waals surface area contributed by atoms with Gasteiger partial charge in [-0.2, -0.15) is 0 Å². The fraction of sp³-hybridized carbons (Fsp3) is 1.00. The van der Waals surface area contributed by atoms with Crippen LogP contribution in [0.25, 0.3) is 0 Å². The van der Waals surface area contributed by atoms with Crippen molar-refractivity contribution in [3.63, 3.8) is 0 Å². The molecular formula is C11H22N2. The summed E-state index contributed by atoms with van der Waals surface area (Å²) in [5, 5.41) is 3.81. The zero-order chi connectivity index (χ0) is 9.10. The lowest BCUT2D eigenvalue weighted by Crippen LogP contribution is -2.47. The lowest BCUT2D eigenvalue weighted by atomic mass is 10.0. The predicted molar refractivity (Wildman–Crippen MR) is 55.9 cm³/mol. The van der Waals surface area contributed by atoms with Gasteiger partial charge in [0.2, 0.25) is 0 Å². The summed E-state index contributed by atoms with van der Waals surface area (Å²) >= 11 is 0. The molecule has 0 aromatic rings. The predicted octanol–water partition coefficient (Wildman–Crippen LogP) is 1.61. The maximum atomic E-state index is 3.81. The quantitative estimate of drug-likeness (QED) is 0.698. The van der Waals surface area contributed by atoms with E-state index < -0.39 is 0 Å². The highest BCUT2D eigenvalue weighted by molar-refractivity contribution is 4.82. The third-order valence-corrected chi connectivity index (χ3v) is 3.45. The van der Waals surface area contributed by atoms with Crippen LogP contribution in [0.5, 0.6) is 0 Å². The molecule has 1 aliphatic heterocycles. The molecule has 0 spiro atoms. The summed E-state index contributed by atoms with van der Waals surface area (Å²) in [4.78, 5) is 2.45. The van der Waals surface area contributed by atoms with Crippen molar-refractivity contribution in [1.29, 1.82) is 0 Å². The van der Waals surface area contributed by atoms with Crippen LogP contribution >= 0.6 is 0 Å². The zero-order valence-corrected chi connectivity index (χ0v) is 8.76. The molecule has 0 aromatic heterocycles. The summed E-state index contributed by atoms with van der Waals surface area (Å²) in [6.07, 6.45) is 8.49. The molecule has 0 radical (unpaired) electrons. The summed E-state index contributed by atoms with van der Waals surface area (Å²) < 4.78 is 0. The second kappa shape index (κ2) is 4.43. The number of nitrogens with zero attached hydrogens (tertiary/aromatic N) is 1. The minimum atomic E-state index is 0.779. The second-order valence-electron chi connectivity index (χ2n) is 4.75. The average molecular weight is 182 g/mol. The van der Waals surface area contributed by atoms with Gasteiger partial charge in [0.05, 0.1) is 0 Å². The Hall–Kier alpha value is -0.0800. The van der Waals surface area contributed by atoms with Gasteiger partial charge in [0.25, 0.3) is 0 Å². The van der Waals surface area contributed by atoms with Gasteiger partial charge in [-0.1, -0.05) is 12.8 Å². The Bertz CT molecular complexity index is 152. The van der Waals surface area contributed by atoms with E-state index in [1.807, 2.05) is 0 Å². The SMILES string of the molecule is CN1CCCC(NC2CCCC2)C1. The van der Waals surface area contributed by atoms with Crippen LogP contribution in [0, 0.1) is 0 Å². The van der Waals surface area contributed by atoms with Crippen LogP contribution in [-0.4, -0.2) is 37.1 Å². The van der Waals surface area contributed by atoms with E-state index in [0.717, 1.165) is 12.1 Å². The third kappa shape index (κ3) is 2.68. The van der Waals surface area contributed by atoms with Crippen molar-refractivity contribution < 1.29 is 0 Å². The number of rotatable bonds is 2. The molecule has 1 aliphatic carbocycles. The zero-order valence-electron chi connectivity index (χ0n) is 8.76. The Kier molecular flexibility index (Phi) is 3.23. The normalized spacial score (nSPS) is 32.5. The first-order valence-corrected chi connectivity index (χ1v) is 5.79. The highest BCUT2D eigenvalue weighted by Crippen LogP contribution is 2.19. The molecule has 1 saturated heterocycles. The Balaban J connectivity index is 1.73. The Morgan fingerprint density at radius 3 is 2.38 bits per heavy atom. The standard InChI is InChI=1S/C11H22N2/c1-13-8-4-7-11(9-13)12-10-5-2-3-6-10/h10-12H,2-9H2,1H3. The molecule has 2 heteroatoms. The largest absolute Gasteiger partial charge is 0.310 e. The molecule has 2 aliphatic rings. The molecule has 2 nitrogen and oxygen atoms in total. The van der Waals surface area contributed by atoms with Crippen LogP contribution in [0.1, 0.15) is 38.5 Å². The summed E-state index contributed by atoms with van der Waals surface area (Å²) in [5.41, 5.74) is 0. The van der Waals surface area contributed by atoms with Gasteiger partial charge in [-0.15, -0.1) is 0 Å². The van der Waals surface area contributed by atoms with E-state index in [1.165, 1.54) is 51.6 Å². The fourth-order valence-electron chi connectivity index (χ4n) is 2.73. The van der Waals surface area contributed by atoms with E-state index >= 15 is 0 Å². The summed E-state index contributed by atoms with van der Waals surface area (Å²) in [6.45, 7) is 2.55. The van der Waals surface area contributed by atoms with Gasteiger partial charge in [-0.3, -0.25) is 0 Å². The van der Waals surface area contributed by atoms with E-state index in [0.29, 0.717) is 0 Å². The first kappa shape index (κ1) is 9.47. The van der Waals surface area contributed by atoms with Crippen molar-refractivity contribution in [2.45, 2.75) is 50.6 Å². The Labute approximate surface area is 81.7 Å². The van der Waals surface area contributed by atoms with Crippen LogP contribution in [0.15, 0.2) is 0 Å². The lowest BCUT2D eigenvalue weighted by molar-refractivity contribution is 0.216. The van der Waals surface area contributed by atoms with Crippen molar-refractivity contribution in [1.82, 2.24) is 10.2 Å². The average Bonchev–Trinajstić information content (AvgIpc) is 2.57. The third-order valence-electron chi connectivity index (χ3n) is 3.45. The van der Waals surface area contributed by atoms with Crippen molar-refractivity contribution >= 4 is 0 Å². The fourth-order valence-corrected chi connectivity index (χ4v) is 2.73. The number of hydrogen-bond donors (Lipinski definition) is 1. The highest BCUT2D eigenvalue weighted by Gasteiger charge is 2.22. The van der Waals surface area contributed by atoms with Gasteiger partial charge in [0.15, 0.2) is 0 Å². The van der Waals surface area contributed by atoms with Gasteiger partial charge in [0, 0.05) is 18.6 Å². The number of likely N-dealkylation sites (tertiary alicyclic amines) is 1. The van der Waals surface area contributed by atoms with Crippen molar-refractivity contribution in [2.24, 2.45) is 0 Å². The molecule has 0 aromatic carbocycles. The van der Waals surface area contributed by atoms with Crippen molar-refractivity contribution in [3.8, 4) is 0 Å². The summed E-state index contributed by atoms with van der Waals surface area (Å²) in [6, 6.07) is 1.62. The molecule has 76 valence electrons.